The number of amides is 3. The van der Waals surface area contributed by atoms with Gasteiger partial charge in [-0.15, -0.1) is 0 Å². The van der Waals surface area contributed by atoms with E-state index in [9.17, 15) is 14.4 Å². The Bertz CT molecular complexity index is 342. The maximum absolute atomic E-state index is 11.7. The molecule has 1 fully saturated rings. The molecule has 3 N–H and O–H groups in total. The molecule has 96 valence electrons. The van der Waals surface area contributed by atoms with E-state index in [2.05, 4.69) is 10.2 Å². The zero-order chi connectivity index (χ0) is 13.1. The van der Waals surface area contributed by atoms with E-state index in [4.69, 9.17) is 5.11 Å². The molecule has 1 heterocycles. The molecule has 1 rings (SSSR count). The van der Waals surface area contributed by atoms with Crippen molar-refractivity contribution in [1.29, 1.82) is 0 Å². The van der Waals surface area contributed by atoms with Crippen LogP contribution in [0.5, 0.6) is 0 Å². The van der Waals surface area contributed by atoms with Crippen molar-refractivity contribution in [3.8, 4) is 0 Å². The maximum Gasteiger partial charge on any atom is 0.342 e. The first-order chi connectivity index (χ1) is 7.85. The van der Waals surface area contributed by atoms with Gasteiger partial charge in [0.2, 0.25) is 5.91 Å². The molecule has 0 aromatic heterocycles. The number of aliphatic carboxylic acids is 1. The standard InChI is InChI=1S/C9H15N3O5/c1-9(2)7(15)10-3-4-12(9)8(16)11-17-5-6(13)14/h3-5H2,1-2H3,(H,10,15)(H,11,16)(H,13,14). The first-order valence-electron chi connectivity index (χ1n) is 5.05. The maximum atomic E-state index is 11.7. The number of carboxylic acids is 1. The Balaban J connectivity index is 2.55. The molecule has 3 amide bonds. The molecule has 0 unspecified atom stereocenters. The van der Waals surface area contributed by atoms with E-state index in [0.29, 0.717) is 13.1 Å². The van der Waals surface area contributed by atoms with Gasteiger partial charge in [-0.05, 0) is 13.8 Å². The normalized spacial score (nSPS) is 18.5. The SMILES string of the molecule is CC1(C)C(=O)NCCN1C(=O)NOCC(=O)O. The highest BCUT2D eigenvalue weighted by molar-refractivity contribution is 5.91. The van der Waals surface area contributed by atoms with Crippen LogP contribution in [-0.4, -0.2) is 53.1 Å². The van der Waals surface area contributed by atoms with Gasteiger partial charge in [0, 0.05) is 13.1 Å². The number of nitrogens with zero attached hydrogens (tertiary/aromatic N) is 1. The average Bonchev–Trinajstić information content (AvgIpc) is 2.21. The van der Waals surface area contributed by atoms with E-state index in [-0.39, 0.29) is 5.91 Å². The molecule has 1 aliphatic rings. The molecule has 0 bridgehead atoms. The number of carbonyl (C=O) groups is 3. The number of hydrogen-bond donors (Lipinski definition) is 3. The molecule has 0 spiro atoms. The molecule has 0 aromatic carbocycles. The third-order valence-corrected chi connectivity index (χ3v) is 2.45. The second kappa shape index (κ2) is 5.00. The van der Waals surface area contributed by atoms with Crippen molar-refractivity contribution in [2.75, 3.05) is 19.7 Å². The van der Waals surface area contributed by atoms with Gasteiger partial charge in [0.15, 0.2) is 6.61 Å². The Kier molecular flexibility index (Phi) is 3.89. The third-order valence-electron chi connectivity index (χ3n) is 2.45. The number of rotatable bonds is 3. The minimum atomic E-state index is -1.19. The smallest absolute Gasteiger partial charge is 0.342 e. The lowest BCUT2D eigenvalue weighted by Gasteiger charge is -2.40. The van der Waals surface area contributed by atoms with E-state index in [0.717, 1.165) is 0 Å². The molecule has 1 saturated heterocycles. The largest absolute Gasteiger partial charge is 0.479 e. The minimum Gasteiger partial charge on any atom is -0.479 e. The lowest BCUT2D eigenvalue weighted by Crippen LogP contribution is -2.65. The van der Waals surface area contributed by atoms with Crippen LogP contribution in [0.25, 0.3) is 0 Å². The van der Waals surface area contributed by atoms with Gasteiger partial charge in [-0.2, -0.15) is 0 Å². The Morgan fingerprint density at radius 3 is 2.82 bits per heavy atom. The Morgan fingerprint density at radius 2 is 2.24 bits per heavy atom. The van der Waals surface area contributed by atoms with Crippen molar-refractivity contribution in [2.24, 2.45) is 0 Å². The van der Waals surface area contributed by atoms with Crippen LogP contribution in [0.2, 0.25) is 0 Å². The summed E-state index contributed by atoms with van der Waals surface area (Å²) >= 11 is 0. The number of piperazine rings is 1. The monoisotopic (exact) mass is 245 g/mol. The fraction of sp³-hybridized carbons (Fsp3) is 0.667. The zero-order valence-corrected chi connectivity index (χ0v) is 9.65. The van der Waals surface area contributed by atoms with E-state index < -0.39 is 24.1 Å². The van der Waals surface area contributed by atoms with Crippen LogP contribution in [0.15, 0.2) is 0 Å². The number of carbonyl (C=O) groups excluding carboxylic acids is 2. The summed E-state index contributed by atoms with van der Waals surface area (Å²) in [7, 11) is 0. The summed E-state index contributed by atoms with van der Waals surface area (Å²) in [5.74, 6) is -1.46. The second-order valence-corrected chi connectivity index (χ2v) is 4.06. The van der Waals surface area contributed by atoms with Crippen molar-refractivity contribution >= 4 is 17.9 Å². The lowest BCUT2D eigenvalue weighted by molar-refractivity contribution is -0.144. The molecule has 8 heteroatoms. The summed E-state index contributed by atoms with van der Waals surface area (Å²) < 4.78 is 0. The van der Waals surface area contributed by atoms with Gasteiger partial charge >= 0.3 is 12.0 Å². The highest BCUT2D eigenvalue weighted by atomic mass is 16.7. The summed E-state index contributed by atoms with van der Waals surface area (Å²) in [4.78, 5) is 39.1. The number of urea groups is 1. The number of nitrogens with one attached hydrogen (secondary N) is 2. The third kappa shape index (κ3) is 3.06. The zero-order valence-electron chi connectivity index (χ0n) is 9.65. The number of hydrogen-bond acceptors (Lipinski definition) is 4. The van der Waals surface area contributed by atoms with Crippen LogP contribution < -0.4 is 10.8 Å². The molecule has 0 radical (unpaired) electrons. The highest BCUT2D eigenvalue weighted by Gasteiger charge is 2.40. The predicted molar refractivity (Wildman–Crippen MR) is 55.9 cm³/mol. The van der Waals surface area contributed by atoms with Crippen molar-refractivity contribution in [1.82, 2.24) is 15.7 Å². The van der Waals surface area contributed by atoms with Gasteiger partial charge in [0.25, 0.3) is 0 Å². The molecule has 0 aromatic rings. The van der Waals surface area contributed by atoms with Gasteiger partial charge in [-0.25, -0.2) is 15.1 Å². The fourth-order valence-electron chi connectivity index (χ4n) is 1.47. The molecule has 0 atom stereocenters. The Hall–Kier alpha value is -1.83. The highest BCUT2D eigenvalue weighted by Crippen LogP contribution is 2.17. The molecular weight excluding hydrogens is 230 g/mol. The van der Waals surface area contributed by atoms with Crippen LogP contribution in [0.4, 0.5) is 4.79 Å². The quantitative estimate of drug-likeness (QED) is 0.548. The van der Waals surface area contributed by atoms with Crippen LogP contribution in [0, 0.1) is 0 Å². The van der Waals surface area contributed by atoms with E-state index in [1.807, 2.05) is 5.48 Å². The first-order valence-corrected chi connectivity index (χ1v) is 5.05. The van der Waals surface area contributed by atoms with Crippen LogP contribution in [0.1, 0.15) is 13.8 Å². The molecule has 0 saturated carbocycles. The van der Waals surface area contributed by atoms with Crippen molar-refractivity contribution in [2.45, 2.75) is 19.4 Å². The Labute approximate surface area is 97.9 Å². The van der Waals surface area contributed by atoms with Gasteiger partial charge in [0.1, 0.15) is 5.54 Å². The molecule has 0 aliphatic carbocycles. The van der Waals surface area contributed by atoms with E-state index in [1.54, 1.807) is 13.8 Å². The molecule has 1 aliphatic heterocycles. The van der Waals surface area contributed by atoms with E-state index >= 15 is 0 Å². The van der Waals surface area contributed by atoms with Crippen molar-refractivity contribution < 1.29 is 24.3 Å². The van der Waals surface area contributed by atoms with E-state index in [1.165, 1.54) is 4.90 Å². The summed E-state index contributed by atoms with van der Waals surface area (Å²) in [6.45, 7) is 3.25. The fourth-order valence-corrected chi connectivity index (χ4v) is 1.47. The molecule has 17 heavy (non-hydrogen) atoms. The van der Waals surface area contributed by atoms with Crippen molar-refractivity contribution in [3.05, 3.63) is 0 Å². The summed E-state index contributed by atoms with van der Waals surface area (Å²) in [6, 6.07) is -0.633. The summed E-state index contributed by atoms with van der Waals surface area (Å²) in [5, 5.41) is 11.0. The lowest BCUT2D eigenvalue weighted by atomic mass is 10.00. The Morgan fingerprint density at radius 1 is 1.59 bits per heavy atom. The minimum absolute atomic E-state index is 0.267. The van der Waals surface area contributed by atoms with Gasteiger partial charge < -0.3 is 15.3 Å². The molecule has 8 nitrogen and oxygen atoms in total. The van der Waals surface area contributed by atoms with Crippen LogP contribution in [-0.2, 0) is 14.4 Å². The second-order valence-electron chi connectivity index (χ2n) is 4.06. The summed E-state index contributed by atoms with van der Waals surface area (Å²) in [6.07, 6.45) is 0. The van der Waals surface area contributed by atoms with Crippen LogP contribution >= 0.6 is 0 Å². The van der Waals surface area contributed by atoms with Gasteiger partial charge in [-0.1, -0.05) is 0 Å². The van der Waals surface area contributed by atoms with Crippen LogP contribution in [0.3, 0.4) is 0 Å². The average molecular weight is 245 g/mol. The van der Waals surface area contributed by atoms with Gasteiger partial charge in [0.05, 0.1) is 0 Å². The predicted octanol–water partition coefficient (Wildman–Crippen LogP) is -1.08. The van der Waals surface area contributed by atoms with Crippen molar-refractivity contribution in [3.63, 3.8) is 0 Å². The van der Waals surface area contributed by atoms with Gasteiger partial charge in [-0.3, -0.25) is 9.63 Å². The first kappa shape index (κ1) is 13.2. The number of hydroxylamine groups is 1. The topological polar surface area (TPSA) is 108 Å². The summed E-state index contributed by atoms with van der Waals surface area (Å²) in [5.41, 5.74) is 0.995. The number of carboxylic acid groups (broad SMARTS) is 1. The molecular formula is C9H15N3O5.